The first-order valence-electron chi connectivity index (χ1n) is 7.16. The number of hydrogen-bond donors (Lipinski definition) is 0. The summed E-state index contributed by atoms with van der Waals surface area (Å²) in [7, 11) is 0. The monoisotopic (exact) mass is 299 g/mol. The summed E-state index contributed by atoms with van der Waals surface area (Å²) < 4.78 is 0. The van der Waals surface area contributed by atoms with E-state index in [9.17, 15) is 0 Å². The maximum absolute atomic E-state index is 2.58. The van der Waals surface area contributed by atoms with E-state index in [0.29, 0.717) is 0 Å². The van der Waals surface area contributed by atoms with Gasteiger partial charge in [0.2, 0.25) is 0 Å². The SMILES string of the molecule is CCCN1CC2=C(C1)c1sccc1Sc1ccccc12. The first-order valence-corrected chi connectivity index (χ1v) is 8.86. The van der Waals surface area contributed by atoms with Crippen LogP contribution in [0.4, 0.5) is 0 Å². The molecule has 1 aromatic heterocycles. The molecule has 3 heteroatoms. The zero-order valence-corrected chi connectivity index (χ0v) is 13.2. The fraction of sp³-hybridized carbons (Fsp3) is 0.294. The van der Waals surface area contributed by atoms with Crippen LogP contribution in [0.2, 0.25) is 0 Å². The van der Waals surface area contributed by atoms with E-state index in [1.165, 1.54) is 33.2 Å². The van der Waals surface area contributed by atoms with Gasteiger partial charge in [-0.2, -0.15) is 0 Å². The van der Waals surface area contributed by atoms with Crippen LogP contribution in [0.15, 0.2) is 45.5 Å². The Balaban J connectivity index is 1.87. The first kappa shape index (κ1) is 12.7. The molecule has 0 bridgehead atoms. The molecule has 20 heavy (non-hydrogen) atoms. The summed E-state index contributed by atoms with van der Waals surface area (Å²) >= 11 is 3.83. The summed E-state index contributed by atoms with van der Waals surface area (Å²) in [6, 6.07) is 11.2. The molecule has 102 valence electrons. The number of thiophene rings is 1. The van der Waals surface area contributed by atoms with Crippen LogP contribution in [0.5, 0.6) is 0 Å². The molecule has 0 unspecified atom stereocenters. The highest BCUT2D eigenvalue weighted by atomic mass is 32.2. The molecule has 0 saturated heterocycles. The topological polar surface area (TPSA) is 3.24 Å². The highest BCUT2D eigenvalue weighted by Gasteiger charge is 2.29. The Bertz CT molecular complexity index is 684. The predicted molar refractivity (Wildman–Crippen MR) is 88.4 cm³/mol. The van der Waals surface area contributed by atoms with Gasteiger partial charge in [0, 0.05) is 27.8 Å². The summed E-state index contributed by atoms with van der Waals surface area (Å²) in [5, 5.41) is 2.23. The van der Waals surface area contributed by atoms with Crippen LogP contribution in [-0.2, 0) is 0 Å². The van der Waals surface area contributed by atoms with Crippen LogP contribution >= 0.6 is 23.1 Å². The number of fused-ring (bicyclic) bond motifs is 4. The molecule has 0 N–H and O–H groups in total. The Morgan fingerprint density at radius 2 is 1.90 bits per heavy atom. The van der Waals surface area contributed by atoms with E-state index in [4.69, 9.17) is 0 Å². The van der Waals surface area contributed by atoms with E-state index in [-0.39, 0.29) is 0 Å². The molecule has 0 radical (unpaired) electrons. The van der Waals surface area contributed by atoms with Crippen molar-refractivity contribution in [1.29, 1.82) is 0 Å². The fourth-order valence-corrected chi connectivity index (χ4v) is 5.39. The molecule has 1 aromatic carbocycles. The molecule has 2 aliphatic rings. The van der Waals surface area contributed by atoms with Gasteiger partial charge in [0.25, 0.3) is 0 Å². The van der Waals surface area contributed by atoms with Crippen LogP contribution < -0.4 is 0 Å². The van der Waals surface area contributed by atoms with Gasteiger partial charge in [-0.05, 0) is 47.2 Å². The molecular weight excluding hydrogens is 282 g/mol. The summed E-state index contributed by atoms with van der Waals surface area (Å²) in [5.41, 5.74) is 4.58. The highest BCUT2D eigenvalue weighted by molar-refractivity contribution is 7.99. The van der Waals surface area contributed by atoms with Crippen LogP contribution in [0.3, 0.4) is 0 Å². The maximum atomic E-state index is 2.58. The first-order chi connectivity index (χ1) is 9.86. The molecule has 1 nitrogen and oxygen atoms in total. The third-order valence-corrected chi connectivity index (χ3v) is 6.24. The summed E-state index contributed by atoms with van der Waals surface area (Å²) in [6.45, 7) is 5.69. The zero-order chi connectivity index (χ0) is 13.5. The van der Waals surface area contributed by atoms with Crippen LogP contribution in [0, 0.1) is 0 Å². The Labute approximate surface area is 128 Å². The van der Waals surface area contributed by atoms with Crippen molar-refractivity contribution in [1.82, 2.24) is 4.90 Å². The average molecular weight is 299 g/mol. The molecule has 4 rings (SSSR count). The lowest BCUT2D eigenvalue weighted by atomic mass is 10.0. The molecule has 2 aliphatic heterocycles. The largest absolute Gasteiger partial charge is 0.295 e. The quantitative estimate of drug-likeness (QED) is 0.780. The molecular formula is C17H17NS2. The van der Waals surface area contributed by atoms with Gasteiger partial charge in [-0.3, -0.25) is 4.90 Å². The third kappa shape index (κ3) is 1.96. The summed E-state index contributed by atoms with van der Waals surface area (Å²) in [4.78, 5) is 6.93. The van der Waals surface area contributed by atoms with Crippen molar-refractivity contribution in [3.63, 3.8) is 0 Å². The minimum absolute atomic E-state index is 1.11. The second-order valence-corrected chi connectivity index (χ2v) is 7.38. The number of benzene rings is 1. The average Bonchev–Trinajstić information content (AvgIpc) is 3.04. The van der Waals surface area contributed by atoms with Crippen molar-refractivity contribution in [2.45, 2.75) is 23.1 Å². The third-order valence-electron chi connectivity index (χ3n) is 4.00. The molecule has 2 aromatic rings. The molecule has 0 atom stereocenters. The van der Waals surface area contributed by atoms with Crippen LogP contribution in [-0.4, -0.2) is 24.5 Å². The zero-order valence-electron chi connectivity index (χ0n) is 11.6. The smallest absolute Gasteiger partial charge is 0.0458 e. The number of rotatable bonds is 2. The molecule has 0 fully saturated rings. The lowest BCUT2D eigenvalue weighted by Gasteiger charge is -2.16. The van der Waals surface area contributed by atoms with E-state index in [1.54, 1.807) is 11.1 Å². The van der Waals surface area contributed by atoms with Crippen LogP contribution in [0.1, 0.15) is 23.8 Å². The second kappa shape index (κ2) is 5.06. The summed E-state index contributed by atoms with van der Waals surface area (Å²) in [6.07, 6.45) is 1.23. The van der Waals surface area contributed by atoms with Gasteiger partial charge in [-0.1, -0.05) is 36.9 Å². The summed E-state index contributed by atoms with van der Waals surface area (Å²) in [5.74, 6) is 0. The van der Waals surface area contributed by atoms with E-state index in [2.05, 4.69) is 47.5 Å². The molecule has 0 aliphatic carbocycles. The minimum Gasteiger partial charge on any atom is -0.295 e. The molecule has 0 spiro atoms. The number of nitrogens with zero attached hydrogens (tertiary/aromatic N) is 1. The van der Waals surface area contributed by atoms with E-state index in [1.807, 2.05) is 23.1 Å². The molecule has 0 amide bonds. The van der Waals surface area contributed by atoms with Crippen molar-refractivity contribution in [2.75, 3.05) is 19.6 Å². The van der Waals surface area contributed by atoms with Crippen molar-refractivity contribution in [3.8, 4) is 0 Å². The van der Waals surface area contributed by atoms with E-state index < -0.39 is 0 Å². The fourth-order valence-electron chi connectivity index (χ4n) is 3.15. The lowest BCUT2D eigenvalue weighted by Crippen LogP contribution is -2.22. The minimum atomic E-state index is 1.11. The normalized spacial score (nSPS) is 17.6. The second-order valence-electron chi connectivity index (χ2n) is 5.38. The maximum Gasteiger partial charge on any atom is 0.0458 e. The predicted octanol–water partition coefficient (Wildman–Crippen LogP) is 4.85. The van der Waals surface area contributed by atoms with Gasteiger partial charge in [0.1, 0.15) is 0 Å². The van der Waals surface area contributed by atoms with Gasteiger partial charge in [0.15, 0.2) is 0 Å². The van der Waals surface area contributed by atoms with Crippen molar-refractivity contribution in [3.05, 3.63) is 46.2 Å². The Morgan fingerprint density at radius 3 is 2.80 bits per heavy atom. The van der Waals surface area contributed by atoms with E-state index in [0.717, 1.165) is 13.1 Å². The van der Waals surface area contributed by atoms with Crippen molar-refractivity contribution < 1.29 is 0 Å². The van der Waals surface area contributed by atoms with E-state index >= 15 is 0 Å². The Kier molecular flexibility index (Phi) is 3.21. The number of hydrogen-bond acceptors (Lipinski definition) is 3. The highest BCUT2D eigenvalue weighted by Crippen LogP contribution is 2.48. The Morgan fingerprint density at radius 1 is 1.05 bits per heavy atom. The van der Waals surface area contributed by atoms with Gasteiger partial charge >= 0.3 is 0 Å². The molecule has 0 saturated carbocycles. The van der Waals surface area contributed by atoms with Gasteiger partial charge in [-0.15, -0.1) is 11.3 Å². The van der Waals surface area contributed by atoms with Gasteiger partial charge in [-0.25, -0.2) is 0 Å². The van der Waals surface area contributed by atoms with Crippen LogP contribution in [0.25, 0.3) is 11.1 Å². The van der Waals surface area contributed by atoms with Crippen molar-refractivity contribution >= 4 is 34.2 Å². The van der Waals surface area contributed by atoms with Crippen molar-refractivity contribution in [2.24, 2.45) is 0 Å². The standard InChI is InChI=1S/C17H17NS2/c1-2-8-18-10-13-12-5-3-4-6-15(12)20-16-7-9-19-17(16)14(13)11-18/h3-7,9H,2,8,10-11H2,1H3. The van der Waals surface area contributed by atoms with Gasteiger partial charge in [0.05, 0.1) is 0 Å². The lowest BCUT2D eigenvalue weighted by molar-refractivity contribution is 0.359. The van der Waals surface area contributed by atoms with Gasteiger partial charge < -0.3 is 0 Å². The molecule has 3 heterocycles. The Hall–Kier alpha value is -1.03.